The molecule has 65 valence electrons. The van der Waals surface area contributed by atoms with Crippen molar-refractivity contribution in [2.75, 3.05) is 0 Å². The molecule has 0 nitrogen and oxygen atoms in total. The van der Waals surface area contributed by atoms with Gasteiger partial charge < -0.3 is 0 Å². The molecule has 0 aromatic carbocycles. The lowest BCUT2D eigenvalue weighted by Crippen LogP contribution is -1.27. The van der Waals surface area contributed by atoms with Gasteiger partial charge >= 0.3 is 0 Å². The van der Waals surface area contributed by atoms with Crippen LogP contribution in [0, 0.1) is 0 Å². The molecule has 0 aliphatic heterocycles. The van der Waals surface area contributed by atoms with Gasteiger partial charge in [-0.15, -0.1) is 0 Å². The fourth-order valence-corrected chi connectivity index (χ4v) is 0. The second kappa shape index (κ2) is 520. The summed E-state index contributed by atoms with van der Waals surface area (Å²) in [5.41, 5.74) is 0. The maximum absolute atomic E-state index is 2.12. The molecule has 0 spiro atoms. The molecule has 0 heterocycles. The highest BCUT2D eigenvalue weighted by atomic mass is 13.4. The lowest BCUT2D eigenvalue weighted by Gasteiger charge is -1.48. The zero-order valence-electron chi connectivity index (χ0n) is 9.28. The first-order valence-electron chi connectivity index (χ1n) is 4.41. The van der Waals surface area contributed by atoms with Crippen molar-refractivity contribution < 1.29 is 0 Å². The molecule has 0 rings (SSSR count). The first kappa shape index (κ1) is 32.2. The molecular formula is C9H26B. The SMILES string of the molecule is CC.CC.CC.CCC.[B]. The summed E-state index contributed by atoms with van der Waals surface area (Å²) in [6.07, 6.45) is 1.25. The second-order valence-electron chi connectivity index (χ2n) is 0.707. The van der Waals surface area contributed by atoms with Gasteiger partial charge in [0, 0.05) is 8.41 Å². The summed E-state index contributed by atoms with van der Waals surface area (Å²) in [7, 11) is 0. The topological polar surface area (TPSA) is 0 Å². The first-order chi connectivity index (χ1) is 4.41. The minimum Gasteiger partial charge on any atom is -0.0683 e. The third kappa shape index (κ3) is 95500. The van der Waals surface area contributed by atoms with E-state index in [9.17, 15) is 0 Å². The van der Waals surface area contributed by atoms with Gasteiger partial charge in [-0.1, -0.05) is 61.8 Å². The van der Waals surface area contributed by atoms with E-state index >= 15 is 0 Å². The summed E-state index contributed by atoms with van der Waals surface area (Å²) in [6, 6.07) is 0. The Morgan fingerprint density at radius 1 is 0.600 bits per heavy atom. The van der Waals surface area contributed by atoms with E-state index in [2.05, 4.69) is 13.8 Å². The van der Waals surface area contributed by atoms with Crippen molar-refractivity contribution in [1.82, 2.24) is 0 Å². The maximum atomic E-state index is 2.12. The maximum Gasteiger partial charge on any atom is 0 e. The minimum atomic E-state index is 0. The summed E-state index contributed by atoms with van der Waals surface area (Å²) in [5.74, 6) is 0. The fourth-order valence-electron chi connectivity index (χ4n) is 0. The molecule has 1 heteroatoms. The van der Waals surface area contributed by atoms with E-state index in [4.69, 9.17) is 0 Å². The van der Waals surface area contributed by atoms with Gasteiger partial charge in [0.25, 0.3) is 0 Å². The summed E-state index contributed by atoms with van der Waals surface area (Å²) in [6.45, 7) is 16.2. The van der Waals surface area contributed by atoms with Crippen LogP contribution in [-0.2, 0) is 0 Å². The van der Waals surface area contributed by atoms with Gasteiger partial charge in [-0.25, -0.2) is 0 Å². The van der Waals surface area contributed by atoms with Crippen molar-refractivity contribution >= 4 is 8.41 Å². The zero-order valence-corrected chi connectivity index (χ0v) is 9.28. The highest BCUT2D eigenvalue weighted by molar-refractivity contribution is 5.75. The molecular weight excluding hydrogens is 119 g/mol. The van der Waals surface area contributed by atoms with E-state index in [1.54, 1.807) is 0 Å². The number of hydrogen-bond donors (Lipinski definition) is 0. The highest BCUT2D eigenvalue weighted by Gasteiger charge is 1.35. The Morgan fingerprint density at radius 3 is 0.600 bits per heavy atom. The van der Waals surface area contributed by atoms with E-state index < -0.39 is 0 Å². The van der Waals surface area contributed by atoms with Gasteiger partial charge in [0.15, 0.2) is 0 Å². The third-order valence-electron chi connectivity index (χ3n) is 0. The van der Waals surface area contributed by atoms with Crippen molar-refractivity contribution in [3.8, 4) is 0 Å². The van der Waals surface area contributed by atoms with Crippen LogP contribution in [0.2, 0.25) is 0 Å². The third-order valence-corrected chi connectivity index (χ3v) is 0. The average Bonchev–Trinajstić information content (AvgIpc) is 2.01. The molecule has 3 radical (unpaired) electrons. The Kier molecular flexibility index (Phi) is 1680. The van der Waals surface area contributed by atoms with Gasteiger partial charge in [-0.3, -0.25) is 0 Å². The van der Waals surface area contributed by atoms with Gasteiger partial charge in [0.2, 0.25) is 0 Å². The second-order valence-corrected chi connectivity index (χ2v) is 0.707. The quantitative estimate of drug-likeness (QED) is 0.450. The van der Waals surface area contributed by atoms with Gasteiger partial charge in [-0.05, 0) is 0 Å². The summed E-state index contributed by atoms with van der Waals surface area (Å²) in [4.78, 5) is 0. The van der Waals surface area contributed by atoms with Crippen molar-refractivity contribution in [1.29, 1.82) is 0 Å². The van der Waals surface area contributed by atoms with E-state index in [0.717, 1.165) is 0 Å². The van der Waals surface area contributed by atoms with Crippen LogP contribution in [0.3, 0.4) is 0 Å². The molecule has 0 amide bonds. The lowest BCUT2D eigenvalue weighted by molar-refractivity contribution is 1.09. The predicted octanol–water partition coefficient (Wildman–Crippen LogP) is 4.11. The molecule has 0 fully saturated rings. The smallest absolute Gasteiger partial charge is 0 e. The van der Waals surface area contributed by atoms with E-state index in [0.29, 0.717) is 0 Å². The van der Waals surface area contributed by atoms with Crippen LogP contribution in [0.15, 0.2) is 0 Å². The van der Waals surface area contributed by atoms with Crippen LogP contribution in [0.5, 0.6) is 0 Å². The lowest BCUT2D eigenvalue weighted by atomic mass is 10.6. The standard InChI is InChI=1S/C3H8.3C2H6.B/c1-3-2;3*1-2;/h3H2,1-2H3;3*1-2H3;. The molecule has 0 aliphatic carbocycles. The van der Waals surface area contributed by atoms with Crippen molar-refractivity contribution in [3.63, 3.8) is 0 Å². The molecule has 0 atom stereocenters. The summed E-state index contributed by atoms with van der Waals surface area (Å²) >= 11 is 0. The largest absolute Gasteiger partial charge is 0.0683 e. The fraction of sp³-hybridized carbons (Fsp3) is 1.00. The minimum absolute atomic E-state index is 0. The van der Waals surface area contributed by atoms with Gasteiger partial charge in [0.1, 0.15) is 0 Å². The summed E-state index contributed by atoms with van der Waals surface area (Å²) < 4.78 is 0. The van der Waals surface area contributed by atoms with Crippen LogP contribution in [0.25, 0.3) is 0 Å². The zero-order chi connectivity index (χ0) is 8.71. The molecule has 0 saturated carbocycles. The average molecular weight is 145 g/mol. The molecule has 0 aromatic heterocycles. The highest BCUT2D eigenvalue weighted by Crippen LogP contribution is 1.56. The monoisotopic (exact) mass is 145 g/mol. The van der Waals surface area contributed by atoms with Crippen LogP contribution in [0.4, 0.5) is 0 Å². The molecule has 0 N–H and O–H groups in total. The Hall–Kier alpha value is 0.0649. The van der Waals surface area contributed by atoms with E-state index in [-0.39, 0.29) is 8.41 Å². The molecule has 0 bridgehead atoms. The van der Waals surface area contributed by atoms with Crippen molar-refractivity contribution in [3.05, 3.63) is 0 Å². The van der Waals surface area contributed by atoms with Gasteiger partial charge in [0.05, 0.1) is 0 Å². The Bertz CT molecular complexity index is 4.69. The van der Waals surface area contributed by atoms with Gasteiger partial charge in [-0.2, -0.15) is 0 Å². The van der Waals surface area contributed by atoms with Crippen molar-refractivity contribution in [2.24, 2.45) is 0 Å². The Balaban J connectivity index is -0.0000000110. The Labute approximate surface area is 71.0 Å². The van der Waals surface area contributed by atoms with Crippen LogP contribution in [-0.4, -0.2) is 8.41 Å². The molecule has 0 aliphatic rings. The van der Waals surface area contributed by atoms with Crippen LogP contribution >= 0.6 is 0 Å². The molecule has 0 saturated heterocycles. The number of rotatable bonds is 0. The Morgan fingerprint density at radius 2 is 0.600 bits per heavy atom. The molecule has 0 aromatic rings. The van der Waals surface area contributed by atoms with E-state index in [1.807, 2.05) is 41.5 Å². The molecule has 10 heavy (non-hydrogen) atoms. The van der Waals surface area contributed by atoms with Crippen LogP contribution < -0.4 is 0 Å². The van der Waals surface area contributed by atoms with Crippen molar-refractivity contribution in [2.45, 2.75) is 61.8 Å². The summed E-state index contributed by atoms with van der Waals surface area (Å²) in [5, 5.41) is 0. The predicted molar refractivity (Wildman–Crippen MR) is 55.8 cm³/mol. The normalized spacial score (nSPS) is 3.60. The molecule has 0 unspecified atom stereocenters. The van der Waals surface area contributed by atoms with Crippen LogP contribution in [0.1, 0.15) is 61.8 Å². The number of hydrogen-bond acceptors (Lipinski definition) is 0. The van der Waals surface area contributed by atoms with E-state index in [1.165, 1.54) is 6.42 Å². The first-order valence-corrected chi connectivity index (χ1v) is 4.41.